The van der Waals surface area contributed by atoms with Crippen LogP contribution in [0.3, 0.4) is 0 Å². The summed E-state index contributed by atoms with van der Waals surface area (Å²) in [5.74, 6) is 0.300. The summed E-state index contributed by atoms with van der Waals surface area (Å²) < 4.78 is 15.4. The Bertz CT molecular complexity index is 1620. The number of rotatable bonds is 8. The van der Waals surface area contributed by atoms with Crippen molar-refractivity contribution in [2.75, 3.05) is 51.4 Å². The molecule has 1 saturated heterocycles. The van der Waals surface area contributed by atoms with Gasteiger partial charge in [-0.1, -0.05) is 22.9 Å². The van der Waals surface area contributed by atoms with Gasteiger partial charge in [-0.2, -0.15) is 0 Å². The third-order valence-corrected chi connectivity index (χ3v) is 8.22. The lowest BCUT2D eigenvalue weighted by Gasteiger charge is -2.27. The molecule has 202 valence electrons. The molecule has 0 bridgehead atoms. The van der Waals surface area contributed by atoms with Crippen molar-refractivity contribution in [2.45, 2.75) is 13.0 Å². The van der Waals surface area contributed by atoms with E-state index in [0.717, 1.165) is 28.9 Å². The lowest BCUT2D eigenvalue weighted by molar-refractivity contribution is -0.119. The van der Waals surface area contributed by atoms with E-state index >= 15 is 0 Å². The molecule has 0 aliphatic carbocycles. The molecule has 1 aliphatic heterocycles. The topological polar surface area (TPSA) is 117 Å². The van der Waals surface area contributed by atoms with Crippen molar-refractivity contribution in [3.05, 3.63) is 44.3 Å². The van der Waals surface area contributed by atoms with Crippen LogP contribution in [0, 0.1) is 0 Å². The largest absolute Gasteiger partial charge is 0.494 e. The minimum absolute atomic E-state index is 0.151. The molecule has 0 atom stereocenters. The number of hydrogen-bond donors (Lipinski definition) is 0. The number of ether oxygens (including phenoxy) is 2. The smallest absolute Gasteiger partial charge is 0.332 e. The summed E-state index contributed by atoms with van der Waals surface area (Å²) in [5, 5.41) is 1.01. The Labute approximate surface area is 226 Å². The third-order valence-electron chi connectivity index (χ3n) is 6.68. The normalized spacial score (nSPS) is 14.4. The van der Waals surface area contributed by atoms with Gasteiger partial charge in [0.25, 0.3) is 5.56 Å². The van der Waals surface area contributed by atoms with E-state index in [2.05, 4.69) is 9.88 Å². The van der Waals surface area contributed by atoms with Crippen LogP contribution >= 0.6 is 22.9 Å². The van der Waals surface area contributed by atoms with Crippen LogP contribution in [-0.4, -0.2) is 81.0 Å². The van der Waals surface area contributed by atoms with E-state index in [4.69, 9.17) is 26.1 Å². The number of amides is 1. The minimum atomic E-state index is -0.510. The molecular formula is C24H28ClN7O5S. The van der Waals surface area contributed by atoms with Gasteiger partial charge in [-0.25, -0.2) is 14.8 Å². The highest BCUT2D eigenvalue weighted by Gasteiger charge is 2.24. The fourth-order valence-electron chi connectivity index (χ4n) is 4.57. The third kappa shape index (κ3) is 4.82. The number of thiazole rings is 1. The van der Waals surface area contributed by atoms with Gasteiger partial charge >= 0.3 is 5.69 Å². The second-order valence-electron chi connectivity index (χ2n) is 9.03. The molecule has 14 heteroatoms. The molecule has 4 heterocycles. The second kappa shape index (κ2) is 10.8. The number of carbonyl (C=O) groups excluding carboxylic acids is 1. The maximum atomic E-state index is 13.8. The number of imidazole rings is 1. The van der Waals surface area contributed by atoms with Crippen LogP contribution in [0.4, 0.5) is 5.13 Å². The van der Waals surface area contributed by atoms with Crippen LogP contribution in [0.25, 0.3) is 21.4 Å². The highest BCUT2D eigenvalue weighted by molar-refractivity contribution is 7.23. The minimum Gasteiger partial charge on any atom is -0.494 e. The number of anilines is 1. The number of carbonyl (C=O) groups is 1. The van der Waals surface area contributed by atoms with Gasteiger partial charge < -0.3 is 14.0 Å². The number of aromatic nitrogens is 5. The van der Waals surface area contributed by atoms with Gasteiger partial charge in [-0.05, 0) is 18.6 Å². The van der Waals surface area contributed by atoms with Gasteiger partial charge in [0.1, 0.15) is 17.8 Å². The first kappa shape index (κ1) is 26.4. The number of aryl methyl sites for hydroxylation is 1. The molecular weight excluding hydrogens is 534 g/mol. The lowest BCUT2D eigenvalue weighted by atomic mass is 10.3. The molecule has 5 rings (SSSR count). The molecule has 0 unspecified atom stereocenters. The summed E-state index contributed by atoms with van der Waals surface area (Å²) >= 11 is 7.76. The monoisotopic (exact) mass is 561 g/mol. The zero-order valence-electron chi connectivity index (χ0n) is 21.3. The number of morpholine rings is 1. The first-order valence-electron chi connectivity index (χ1n) is 12.1. The summed E-state index contributed by atoms with van der Waals surface area (Å²) in [6.45, 7) is 4.17. The highest BCUT2D eigenvalue weighted by Crippen LogP contribution is 2.38. The summed E-state index contributed by atoms with van der Waals surface area (Å²) in [6, 6.07) is 3.49. The zero-order valence-corrected chi connectivity index (χ0v) is 22.9. The summed E-state index contributed by atoms with van der Waals surface area (Å²) in [5.41, 5.74) is 0.00215. The van der Waals surface area contributed by atoms with E-state index in [9.17, 15) is 14.4 Å². The van der Waals surface area contributed by atoms with Crippen molar-refractivity contribution < 1.29 is 14.3 Å². The molecule has 0 saturated carbocycles. The van der Waals surface area contributed by atoms with Crippen LogP contribution in [0.1, 0.15) is 6.42 Å². The summed E-state index contributed by atoms with van der Waals surface area (Å²) in [4.78, 5) is 51.8. The Hall–Kier alpha value is -3.26. The predicted molar refractivity (Wildman–Crippen MR) is 146 cm³/mol. The molecule has 1 amide bonds. The fraction of sp³-hybridized carbons (Fsp3) is 0.458. The van der Waals surface area contributed by atoms with Crippen LogP contribution in [-0.2, 0) is 30.2 Å². The Morgan fingerprint density at radius 3 is 2.71 bits per heavy atom. The quantitative estimate of drug-likeness (QED) is 0.317. The van der Waals surface area contributed by atoms with Crippen LogP contribution in [0.15, 0.2) is 28.0 Å². The van der Waals surface area contributed by atoms with Gasteiger partial charge in [0, 0.05) is 40.3 Å². The molecule has 3 aromatic heterocycles. The number of methoxy groups -OCH3 is 1. The van der Waals surface area contributed by atoms with E-state index in [1.54, 1.807) is 31.2 Å². The van der Waals surface area contributed by atoms with Crippen molar-refractivity contribution in [3.63, 3.8) is 0 Å². The van der Waals surface area contributed by atoms with E-state index in [1.165, 1.54) is 33.8 Å². The van der Waals surface area contributed by atoms with Crippen molar-refractivity contribution in [1.29, 1.82) is 0 Å². The van der Waals surface area contributed by atoms with Gasteiger partial charge in [-0.15, -0.1) is 0 Å². The second-order valence-corrected chi connectivity index (χ2v) is 10.4. The number of hydrogen-bond acceptors (Lipinski definition) is 9. The lowest BCUT2D eigenvalue weighted by Crippen LogP contribution is -2.40. The van der Waals surface area contributed by atoms with Crippen molar-refractivity contribution >= 4 is 55.4 Å². The predicted octanol–water partition coefficient (Wildman–Crippen LogP) is 1.46. The number of halogens is 1. The molecule has 12 nitrogen and oxygen atoms in total. The van der Waals surface area contributed by atoms with E-state index < -0.39 is 11.2 Å². The highest BCUT2D eigenvalue weighted by atomic mass is 35.5. The van der Waals surface area contributed by atoms with Gasteiger partial charge in [0.15, 0.2) is 16.3 Å². The van der Waals surface area contributed by atoms with Crippen molar-refractivity contribution in [3.8, 4) is 5.75 Å². The van der Waals surface area contributed by atoms with Crippen molar-refractivity contribution in [2.24, 2.45) is 14.1 Å². The molecule has 0 N–H and O–H groups in total. The molecule has 1 aromatic carbocycles. The Balaban J connectivity index is 1.48. The number of benzene rings is 1. The SMILES string of the molecule is COc1ccc(Cl)c2sc(N(CCCN3CCOCC3)C(=O)Cn3cnc4c3c(=O)n(C)c(=O)n4C)nc12. The van der Waals surface area contributed by atoms with Crippen LogP contribution in [0.5, 0.6) is 5.75 Å². The number of fused-ring (bicyclic) bond motifs is 2. The Kier molecular flexibility index (Phi) is 7.52. The maximum absolute atomic E-state index is 13.8. The zero-order chi connectivity index (χ0) is 27.0. The average molecular weight is 562 g/mol. The maximum Gasteiger partial charge on any atom is 0.332 e. The molecule has 1 aliphatic rings. The van der Waals surface area contributed by atoms with Crippen LogP contribution in [0.2, 0.25) is 5.02 Å². The van der Waals surface area contributed by atoms with Gasteiger partial charge in [0.05, 0.1) is 36.4 Å². The van der Waals surface area contributed by atoms with E-state index in [1.807, 2.05) is 0 Å². The molecule has 0 radical (unpaired) electrons. The Morgan fingerprint density at radius 1 is 1.21 bits per heavy atom. The van der Waals surface area contributed by atoms with Gasteiger partial charge in [0.2, 0.25) is 5.91 Å². The first-order chi connectivity index (χ1) is 18.3. The molecule has 0 spiro atoms. The molecule has 4 aromatic rings. The fourth-order valence-corrected chi connectivity index (χ4v) is 5.87. The van der Waals surface area contributed by atoms with Gasteiger partial charge in [-0.3, -0.25) is 28.5 Å². The Morgan fingerprint density at radius 2 is 1.97 bits per heavy atom. The average Bonchev–Trinajstić information content (AvgIpc) is 3.55. The summed E-state index contributed by atoms with van der Waals surface area (Å²) in [6.07, 6.45) is 2.13. The summed E-state index contributed by atoms with van der Waals surface area (Å²) in [7, 11) is 4.50. The molecule has 38 heavy (non-hydrogen) atoms. The van der Waals surface area contributed by atoms with Crippen LogP contribution < -0.4 is 20.9 Å². The van der Waals surface area contributed by atoms with E-state index in [-0.39, 0.29) is 23.6 Å². The standard InChI is InChI=1S/C24H28ClN7O5S/c1-28-21-19(22(34)29(2)24(28)35)31(14-26-21)13-17(33)32(8-4-7-30-9-11-37-12-10-30)23-27-18-16(36-3)6-5-15(25)20(18)38-23/h5-6,14H,4,7-13H2,1-3H3. The number of nitrogens with zero attached hydrogens (tertiary/aromatic N) is 7. The van der Waals surface area contributed by atoms with E-state index in [0.29, 0.717) is 47.6 Å². The van der Waals surface area contributed by atoms with Crippen molar-refractivity contribution in [1.82, 2.24) is 28.6 Å². The first-order valence-corrected chi connectivity index (χ1v) is 13.3. The molecule has 1 fully saturated rings.